The second kappa shape index (κ2) is 5.75. The summed E-state index contributed by atoms with van der Waals surface area (Å²) in [5.41, 5.74) is 3.37. The lowest BCUT2D eigenvalue weighted by Gasteiger charge is -2.06. The fraction of sp³-hybridized carbons (Fsp3) is 0.308. The van der Waals surface area contributed by atoms with Crippen LogP contribution in [0.2, 0.25) is 0 Å². The van der Waals surface area contributed by atoms with Crippen LogP contribution in [-0.4, -0.2) is 16.8 Å². The van der Waals surface area contributed by atoms with Crippen molar-refractivity contribution in [2.45, 2.75) is 25.7 Å². The lowest BCUT2D eigenvalue weighted by atomic mass is 10.2. The first-order valence-electron chi connectivity index (χ1n) is 5.09. The number of hydrogen-bond donors (Lipinski definition) is 1. The number of carboxylic acid groups (broad SMARTS) is 1. The lowest BCUT2D eigenvalue weighted by Crippen LogP contribution is -1.92. The van der Waals surface area contributed by atoms with E-state index in [0.29, 0.717) is 0 Å². The molecule has 0 aliphatic rings. The third-order valence-electron chi connectivity index (χ3n) is 2.16. The van der Waals surface area contributed by atoms with Gasteiger partial charge in [-0.05, 0) is 32.4 Å². The van der Waals surface area contributed by atoms with Gasteiger partial charge in [-0.3, -0.25) is 0 Å². The van der Waals surface area contributed by atoms with Crippen molar-refractivity contribution in [3.8, 4) is 0 Å². The number of thioether (sulfide) groups is 1. The highest BCUT2D eigenvalue weighted by Crippen LogP contribution is 2.24. The van der Waals surface area contributed by atoms with Crippen LogP contribution >= 0.6 is 11.8 Å². The van der Waals surface area contributed by atoms with Crippen LogP contribution in [0.25, 0.3) is 0 Å². The van der Waals surface area contributed by atoms with Crippen molar-refractivity contribution in [2.24, 2.45) is 0 Å². The predicted octanol–water partition coefficient (Wildman–Crippen LogP) is 3.43. The minimum atomic E-state index is -0.876. The molecule has 3 heteroatoms. The summed E-state index contributed by atoms with van der Waals surface area (Å²) in [5.74, 6) is -0.158. The number of carboxylic acids is 1. The molecule has 0 radical (unpaired) electrons. The monoisotopic (exact) mass is 236 g/mol. The third-order valence-corrected chi connectivity index (χ3v) is 3.52. The Morgan fingerprint density at radius 3 is 2.69 bits per heavy atom. The zero-order valence-electron chi connectivity index (χ0n) is 9.78. The van der Waals surface area contributed by atoms with Crippen LogP contribution in [0.3, 0.4) is 0 Å². The smallest absolute Gasteiger partial charge is 0.328 e. The van der Waals surface area contributed by atoms with E-state index in [1.165, 1.54) is 22.1 Å². The van der Waals surface area contributed by atoms with Gasteiger partial charge in [-0.1, -0.05) is 23.3 Å². The molecule has 0 unspecified atom stereocenters. The summed E-state index contributed by atoms with van der Waals surface area (Å²) < 4.78 is 0. The van der Waals surface area contributed by atoms with E-state index in [4.69, 9.17) is 5.11 Å². The maximum absolute atomic E-state index is 10.4. The van der Waals surface area contributed by atoms with Crippen molar-refractivity contribution >= 4 is 17.7 Å². The van der Waals surface area contributed by atoms with E-state index in [-0.39, 0.29) is 0 Å². The van der Waals surface area contributed by atoms with Crippen LogP contribution in [-0.2, 0) is 4.79 Å². The van der Waals surface area contributed by atoms with Gasteiger partial charge in [-0.15, -0.1) is 11.8 Å². The average molecular weight is 236 g/mol. The highest BCUT2D eigenvalue weighted by molar-refractivity contribution is 7.99. The van der Waals surface area contributed by atoms with Crippen LogP contribution in [0.5, 0.6) is 0 Å². The van der Waals surface area contributed by atoms with E-state index < -0.39 is 5.97 Å². The van der Waals surface area contributed by atoms with E-state index in [1.807, 2.05) is 6.92 Å². The van der Waals surface area contributed by atoms with Crippen molar-refractivity contribution < 1.29 is 9.90 Å². The lowest BCUT2D eigenvalue weighted by molar-refractivity contribution is -0.131. The van der Waals surface area contributed by atoms with Gasteiger partial charge in [0, 0.05) is 16.7 Å². The van der Waals surface area contributed by atoms with E-state index in [2.05, 4.69) is 32.0 Å². The summed E-state index contributed by atoms with van der Waals surface area (Å²) in [6, 6.07) is 6.30. The zero-order chi connectivity index (χ0) is 12.1. The average Bonchev–Trinajstić information content (AvgIpc) is 2.15. The molecular weight excluding hydrogens is 220 g/mol. The molecule has 16 heavy (non-hydrogen) atoms. The number of hydrogen-bond acceptors (Lipinski definition) is 2. The number of carbonyl (C=O) groups is 1. The van der Waals surface area contributed by atoms with E-state index in [9.17, 15) is 4.79 Å². The normalized spacial score (nSPS) is 11.6. The van der Waals surface area contributed by atoms with Gasteiger partial charge in [0.1, 0.15) is 0 Å². The van der Waals surface area contributed by atoms with Crippen LogP contribution in [0.15, 0.2) is 34.7 Å². The third kappa shape index (κ3) is 4.11. The first-order chi connectivity index (χ1) is 7.49. The standard InChI is InChI=1S/C13H16O2S/c1-9-4-5-12(11(3)6-9)16-8-10(2)7-13(14)15/h4-7H,8H2,1-3H3,(H,14,15). The Hall–Kier alpha value is -1.22. The maximum atomic E-state index is 10.4. The summed E-state index contributed by atoms with van der Waals surface area (Å²) in [7, 11) is 0. The highest BCUT2D eigenvalue weighted by Gasteiger charge is 2.01. The van der Waals surface area contributed by atoms with Gasteiger partial charge in [0.2, 0.25) is 0 Å². The summed E-state index contributed by atoms with van der Waals surface area (Å²) in [5, 5.41) is 8.59. The Balaban J connectivity index is 2.65. The fourth-order valence-electron chi connectivity index (χ4n) is 1.41. The molecule has 0 heterocycles. The van der Waals surface area contributed by atoms with Crippen molar-refractivity contribution in [1.82, 2.24) is 0 Å². The second-order valence-electron chi connectivity index (χ2n) is 3.89. The van der Waals surface area contributed by atoms with Crippen molar-refractivity contribution in [3.05, 3.63) is 41.0 Å². The highest BCUT2D eigenvalue weighted by atomic mass is 32.2. The molecule has 0 aliphatic carbocycles. The maximum Gasteiger partial charge on any atom is 0.328 e. The minimum absolute atomic E-state index is 0.718. The molecule has 0 amide bonds. The van der Waals surface area contributed by atoms with E-state index >= 15 is 0 Å². The molecule has 0 aliphatic heterocycles. The molecule has 1 N–H and O–H groups in total. The largest absolute Gasteiger partial charge is 0.478 e. The molecule has 0 atom stereocenters. The van der Waals surface area contributed by atoms with Crippen molar-refractivity contribution in [1.29, 1.82) is 0 Å². The van der Waals surface area contributed by atoms with E-state index in [0.717, 1.165) is 11.3 Å². The summed E-state index contributed by atoms with van der Waals surface area (Å²) >= 11 is 1.67. The number of aliphatic carboxylic acids is 1. The SMILES string of the molecule is CC(=CC(=O)O)CSc1ccc(C)cc1C. The molecule has 0 saturated heterocycles. The van der Waals surface area contributed by atoms with Gasteiger partial charge in [0.15, 0.2) is 0 Å². The van der Waals surface area contributed by atoms with Crippen LogP contribution in [0, 0.1) is 13.8 Å². The van der Waals surface area contributed by atoms with Gasteiger partial charge in [-0.25, -0.2) is 4.79 Å². The zero-order valence-corrected chi connectivity index (χ0v) is 10.6. The van der Waals surface area contributed by atoms with Gasteiger partial charge in [-0.2, -0.15) is 0 Å². The van der Waals surface area contributed by atoms with E-state index in [1.54, 1.807) is 11.8 Å². The Kier molecular flexibility index (Phi) is 4.62. The van der Waals surface area contributed by atoms with Crippen molar-refractivity contribution in [2.75, 3.05) is 5.75 Å². The Bertz CT molecular complexity index is 422. The molecule has 0 spiro atoms. The molecule has 2 nitrogen and oxygen atoms in total. The molecule has 86 valence electrons. The summed E-state index contributed by atoms with van der Waals surface area (Å²) in [6.07, 6.45) is 1.26. The van der Waals surface area contributed by atoms with Gasteiger partial charge < -0.3 is 5.11 Å². The molecule has 1 aromatic rings. The Labute approximate surface area is 100 Å². The quantitative estimate of drug-likeness (QED) is 0.643. The molecular formula is C13H16O2S. The molecule has 1 rings (SSSR count). The minimum Gasteiger partial charge on any atom is -0.478 e. The van der Waals surface area contributed by atoms with Crippen molar-refractivity contribution in [3.63, 3.8) is 0 Å². The molecule has 0 aromatic heterocycles. The second-order valence-corrected chi connectivity index (χ2v) is 4.90. The molecule has 0 fully saturated rings. The summed E-state index contributed by atoms with van der Waals surface area (Å²) in [6.45, 7) is 5.98. The molecule has 1 aromatic carbocycles. The molecule has 0 saturated carbocycles. The topological polar surface area (TPSA) is 37.3 Å². The summed E-state index contributed by atoms with van der Waals surface area (Å²) in [4.78, 5) is 11.7. The number of rotatable bonds is 4. The van der Waals surface area contributed by atoms with Gasteiger partial charge in [0.25, 0.3) is 0 Å². The Morgan fingerprint density at radius 1 is 1.44 bits per heavy atom. The van der Waals surface area contributed by atoms with Gasteiger partial charge in [0.05, 0.1) is 0 Å². The fourth-order valence-corrected chi connectivity index (χ4v) is 2.32. The predicted molar refractivity (Wildman–Crippen MR) is 68.0 cm³/mol. The van der Waals surface area contributed by atoms with Crippen LogP contribution < -0.4 is 0 Å². The van der Waals surface area contributed by atoms with Crippen LogP contribution in [0.4, 0.5) is 0 Å². The number of aryl methyl sites for hydroxylation is 2. The Morgan fingerprint density at radius 2 is 2.12 bits per heavy atom. The van der Waals surface area contributed by atoms with Gasteiger partial charge >= 0.3 is 5.97 Å². The first kappa shape index (κ1) is 12.8. The van der Waals surface area contributed by atoms with Crippen LogP contribution in [0.1, 0.15) is 18.1 Å². The number of benzene rings is 1. The first-order valence-corrected chi connectivity index (χ1v) is 6.08. The molecule has 0 bridgehead atoms.